The van der Waals surface area contributed by atoms with Crippen LogP contribution in [0.15, 0.2) is 41.5 Å². The normalized spacial score (nSPS) is 12.7. The number of hydrogen-bond acceptors (Lipinski definition) is 5. The fourth-order valence-electron chi connectivity index (χ4n) is 2.77. The van der Waals surface area contributed by atoms with Crippen LogP contribution in [0.2, 0.25) is 0 Å². The van der Waals surface area contributed by atoms with Gasteiger partial charge >= 0.3 is 6.18 Å². The maximum atomic E-state index is 13.5. The number of imidazole rings is 1. The van der Waals surface area contributed by atoms with Crippen molar-refractivity contribution in [3.63, 3.8) is 0 Å². The summed E-state index contributed by atoms with van der Waals surface area (Å²) >= 11 is 0. The molecule has 0 aliphatic rings. The number of nitrogens with one attached hydrogen (secondary N) is 2. The fourth-order valence-corrected chi connectivity index (χ4v) is 2.77. The number of aromatic nitrogens is 2. The number of fused-ring (bicyclic) bond motifs is 1. The Morgan fingerprint density at radius 3 is 2.66 bits per heavy atom. The molecule has 0 aliphatic heterocycles. The van der Waals surface area contributed by atoms with Crippen molar-refractivity contribution in [2.45, 2.75) is 25.7 Å². The second kappa shape index (κ2) is 7.95. The summed E-state index contributed by atoms with van der Waals surface area (Å²) < 4.78 is 46.7. The topological polar surface area (TPSA) is 109 Å². The summed E-state index contributed by atoms with van der Waals surface area (Å²) in [6.45, 7) is 0.381. The molecule has 3 N–H and O–H groups in total. The van der Waals surface area contributed by atoms with Crippen molar-refractivity contribution in [3.8, 4) is 11.1 Å². The van der Waals surface area contributed by atoms with Gasteiger partial charge < -0.3 is 24.6 Å². The maximum absolute atomic E-state index is 13.5. The second-order valence-corrected chi connectivity index (χ2v) is 6.27. The van der Waals surface area contributed by atoms with Gasteiger partial charge in [-0.1, -0.05) is 0 Å². The van der Waals surface area contributed by atoms with Crippen molar-refractivity contribution in [1.29, 1.82) is 0 Å². The summed E-state index contributed by atoms with van der Waals surface area (Å²) in [5.41, 5.74) is -0.304. The van der Waals surface area contributed by atoms with Gasteiger partial charge in [-0.15, -0.1) is 0 Å². The van der Waals surface area contributed by atoms with E-state index in [1.54, 1.807) is 0 Å². The van der Waals surface area contributed by atoms with Crippen molar-refractivity contribution >= 4 is 17.5 Å². The number of amides is 2. The van der Waals surface area contributed by atoms with E-state index in [1.165, 1.54) is 42.3 Å². The number of carbonyl (C=O) groups is 2. The number of alkyl halides is 3. The molecule has 1 unspecified atom stereocenters. The third kappa shape index (κ3) is 4.57. The molecule has 0 spiro atoms. The molecule has 0 aromatic carbocycles. The van der Waals surface area contributed by atoms with Gasteiger partial charge in [0.25, 0.3) is 0 Å². The van der Waals surface area contributed by atoms with Gasteiger partial charge in [-0.05, 0) is 12.1 Å². The molecular formula is C18H17F3N4O4. The lowest BCUT2D eigenvalue weighted by Gasteiger charge is -2.14. The van der Waals surface area contributed by atoms with Crippen LogP contribution < -0.4 is 10.6 Å². The van der Waals surface area contributed by atoms with Crippen LogP contribution in [0.25, 0.3) is 16.8 Å². The molecule has 0 radical (unpaired) electrons. The monoisotopic (exact) mass is 410 g/mol. The Hall–Kier alpha value is -3.34. The highest BCUT2D eigenvalue weighted by molar-refractivity contribution is 5.86. The van der Waals surface area contributed by atoms with Gasteiger partial charge in [0.2, 0.25) is 11.8 Å². The molecule has 3 aromatic rings. The average molecular weight is 410 g/mol. The zero-order valence-corrected chi connectivity index (χ0v) is 15.2. The molecule has 0 saturated heterocycles. The number of rotatable bonds is 6. The number of nitrogens with zero attached hydrogens (tertiary/aromatic N) is 2. The van der Waals surface area contributed by atoms with E-state index in [9.17, 15) is 27.9 Å². The van der Waals surface area contributed by atoms with Crippen LogP contribution in [-0.2, 0) is 22.3 Å². The van der Waals surface area contributed by atoms with Gasteiger partial charge in [-0.25, -0.2) is 4.98 Å². The van der Waals surface area contributed by atoms with E-state index in [-0.39, 0.29) is 23.4 Å². The van der Waals surface area contributed by atoms with E-state index in [2.05, 4.69) is 15.6 Å². The highest BCUT2D eigenvalue weighted by atomic mass is 19.4. The quantitative estimate of drug-likeness (QED) is 0.574. The van der Waals surface area contributed by atoms with Crippen molar-refractivity contribution in [2.75, 3.05) is 6.61 Å². The summed E-state index contributed by atoms with van der Waals surface area (Å²) in [4.78, 5) is 27.0. The molecule has 3 aromatic heterocycles. The first-order chi connectivity index (χ1) is 13.7. The second-order valence-electron chi connectivity index (χ2n) is 6.27. The van der Waals surface area contributed by atoms with Gasteiger partial charge in [0, 0.05) is 30.4 Å². The lowest BCUT2D eigenvalue weighted by molar-refractivity contribution is -0.136. The minimum atomic E-state index is -4.64. The van der Waals surface area contributed by atoms with Crippen molar-refractivity contribution in [1.82, 2.24) is 20.0 Å². The molecule has 11 heteroatoms. The van der Waals surface area contributed by atoms with Crippen molar-refractivity contribution in [3.05, 3.63) is 48.3 Å². The number of halogens is 3. The predicted molar refractivity (Wildman–Crippen MR) is 94.4 cm³/mol. The molecule has 0 aliphatic carbocycles. The molecule has 0 saturated carbocycles. The molecule has 3 heterocycles. The number of aliphatic hydroxyl groups excluding tert-OH is 1. The first-order valence-electron chi connectivity index (χ1n) is 8.46. The Balaban J connectivity index is 1.89. The lowest BCUT2D eigenvalue weighted by Crippen LogP contribution is -2.48. The molecule has 3 rings (SSSR count). The first kappa shape index (κ1) is 20.4. The largest absolute Gasteiger partial charge is 0.472 e. The van der Waals surface area contributed by atoms with Gasteiger partial charge in [0.15, 0.2) is 0 Å². The average Bonchev–Trinajstić information content (AvgIpc) is 3.31. The summed E-state index contributed by atoms with van der Waals surface area (Å²) in [6.07, 6.45) is 0.882. The Bertz CT molecular complexity index is 1030. The zero-order chi connectivity index (χ0) is 21.2. The Morgan fingerprint density at radius 2 is 2.07 bits per heavy atom. The zero-order valence-electron chi connectivity index (χ0n) is 15.2. The Kier molecular flexibility index (Phi) is 5.59. The SMILES string of the molecule is CC(=O)NC(CO)C(=O)NCc1cn2cc(-c3ccoc3)cc(C(F)(F)F)c2n1. The van der Waals surface area contributed by atoms with Crippen molar-refractivity contribution < 1.29 is 32.3 Å². The van der Waals surface area contributed by atoms with Gasteiger partial charge in [0.1, 0.15) is 11.7 Å². The molecule has 0 fully saturated rings. The summed E-state index contributed by atoms with van der Waals surface area (Å²) in [7, 11) is 0. The van der Waals surface area contributed by atoms with E-state index in [0.29, 0.717) is 5.56 Å². The minimum absolute atomic E-state index is 0.174. The van der Waals surface area contributed by atoms with Crippen LogP contribution in [0.1, 0.15) is 18.2 Å². The van der Waals surface area contributed by atoms with Gasteiger partial charge in [-0.3, -0.25) is 9.59 Å². The highest BCUT2D eigenvalue weighted by Crippen LogP contribution is 2.35. The smallest absolute Gasteiger partial charge is 0.420 e. The summed E-state index contributed by atoms with van der Waals surface area (Å²) in [6, 6.07) is 1.35. The molecular weight excluding hydrogens is 393 g/mol. The maximum Gasteiger partial charge on any atom is 0.420 e. The highest BCUT2D eigenvalue weighted by Gasteiger charge is 2.35. The number of carbonyl (C=O) groups excluding carboxylic acids is 2. The van der Waals surface area contributed by atoms with Crippen LogP contribution in [0.3, 0.4) is 0 Å². The number of pyridine rings is 1. The standard InChI is InChI=1S/C18H17F3N4O4/c1-10(27)23-15(8-26)17(28)22-5-13-7-25-6-12(11-2-3-29-9-11)4-14(16(25)24-13)18(19,20)21/h2-4,6-7,9,15,26H,5,8H2,1H3,(H,22,28)(H,23,27). The van der Waals surface area contributed by atoms with E-state index in [0.717, 1.165) is 6.07 Å². The molecule has 1 atom stereocenters. The van der Waals surface area contributed by atoms with Crippen LogP contribution >= 0.6 is 0 Å². The molecule has 29 heavy (non-hydrogen) atoms. The fraction of sp³-hybridized carbons (Fsp3) is 0.278. The molecule has 0 bridgehead atoms. The molecule has 8 nitrogen and oxygen atoms in total. The van der Waals surface area contributed by atoms with Crippen LogP contribution in [0.5, 0.6) is 0 Å². The lowest BCUT2D eigenvalue weighted by atomic mass is 10.1. The van der Waals surface area contributed by atoms with Gasteiger partial charge in [-0.2, -0.15) is 13.2 Å². The van der Waals surface area contributed by atoms with Crippen LogP contribution in [0, 0.1) is 0 Å². The Labute approximate surface area is 162 Å². The Morgan fingerprint density at radius 1 is 1.31 bits per heavy atom. The van der Waals surface area contributed by atoms with Crippen LogP contribution in [0.4, 0.5) is 13.2 Å². The van der Waals surface area contributed by atoms with E-state index in [4.69, 9.17) is 4.42 Å². The molecule has 2 amide bonds. The van der Waals surface area contributed by atoms with Crippen molar-refractivity contribution in [2.24, 2.45) is 0 Å². The number of aliphatic hydroxyl groups is 1. The minimum Gasteiger partial charge on any atom is -0.472 e. The van der Waals surface area contributed by atoms with E-state index in [1.807, 2.05) is 0 Å². The van der Waals surface area contributed by atoms with E-state index < -0.39 is 36.2 Å². The third-order valence-corrected chi connectivity index (χ3v) is 4.08. The van der Waals surface area contributed by atoms with E-state index >= 15 is 0 Å². The third-order valence-electron chi connectivity index (χ3n) is 4.08. The summed E-state index contributed by atoms with van der Waals surface area (Å²) in [5, 5.41) is 13.9. The summed E-state index contributed by atoms with van der Waals surface area (Å²) in [5.74, 6) is -1.19. The first-order valence-corrected chi connectivity index (χ1v) is 8.46. The molecule has 154 valence electrons. The predicted octanol–water partition coefficient (Wildman–Crippen LogP) is 1.73. The number of furan rings is 1. The van der Waals surface area contributed by atoms with Gasteiger partial charge in [0.05, 0.1) is 36.9 Å². The van der Waals surface area contributed by atoms with Crippen LogP contribution in [-0.4, -0.2) is 39.0 Å². The number of hydrogen-bond donors (Lipinski definition) is 3.